The Morgan fingerprint density at radius 2 is 2.19 bits per heavy atom. The van der Waals surface area contributed by atoms with E-state index >= 15 is 0 Å². The first-order chi connectivity index (χ1) is 10.3. The Bertz CT molecular complexity index is 491. The molecule has 21 heavy (non-hydrogen) atoms. The third kappa shape index (κ3) is 2.91. The number of aryl methyl sites for hydroxylation is 1. The van der Waals surface area contributed by atoms with E-state index in [-0.39, 0.29) is 5.60 Å². The monoisotopic (exact) mass is 307 g/mol. The smallest absolute Gasteiger partial charge is 0.0985 e. The van der Waals surface area contributed by atoms with E-state index in [1.807, 2.05) is 11.3 Å². The summed E-state index contributed by atoms with van der Waals surface area (Å²) in [6.45, 7) is 8.27. The van der Waals surface area contributed by atoms with Crippen LogP contribution in [-0.2, 0) is 16.0 Å². The summed E-state index contributed by atoms with van der Waals surface area (Å²) in [6, 6.07) is 2.22. The minimum Gasteiger partial charge on any atom is -0.381 e. The summed E-state index contributed by atoms with van der Waals surface area (Å²) < 4.78 is 12.1. The van der Waals surface area contributed by atoms with Crippen LogP contribution in [0.2, 0.25) is 0 Å². The Morgan fingerprint density at radius 1 is 1.33 bits per heavy atom. The predicted molar refractivity (Wildman–Crippen MR) is 84.7 cm³/mol. The van der Waals surface area contributed by atoms with E-state index in [1.165, 1.54) is 29.7 Å². The molecule has 2 aliphatic heterocycles. The summed E-state index contributed by atoms with van der Waals surface area (Å²) in [5.74, 6) is 1.47. The van der Waals surface area contributed by atoms with E-state index in [4.69, 9.17) is 9.47 Å². The number of likely N-dealkylation sites (tertiary alicyclic amines) is 1. The van der Waals surface area contributed by atoms with Gasteiger partial charge in [0.15, 0.2) is 0 Å². The van der Waals surface area contributed by atoms with Gasteiger partial charge in [-0.1, -0.05) is 0 Å². The van der Waals surface area contributed by atoms with Crippen molar-refractivity contribution in [3.63, 3.8) is 0 Å². The van der Waals surface area contributed by atoms with Crippen LogP contribution in [0, 0.1) is 18.8 Å². The summed E-state index contributed by atoms with van der Waals surface area (Å²) in [5.41, 5.74) is 1.53. The number of ether oxygens (including phenoxy) is 2. The van der Waals surface area contributed by atoms with Crippen molar-refractivity contribution in [2.75, 3.05) is 32.9 Å². The standard InChI is InChI=1S/C17H25NO2S/c1-13-5-7-21-16(13)8-18-11-17(12-18)15(4-6-20-17)10-19-9-14-2-3-14/h5,7,14-15H,2-4,6,8-12H2,1H3. The first kappa shape index (κ1) is 14.2. The number of hydrogen-bond donors (Lipinski definition) is 0. The summed E-state index contributed by atoms with van der Waals surface area (Å²) >= 11 is 1.88. The van der Waals surface area contributed by atoms with Gasteiger partial charge in [-0.3, -0.25) is 4.90 Å². The second-order valence-corrected chi connectivity index (χ2v) is 8.05. The van der Waals surface area contributed by atoms with Crippen molar-refractivity contribution in [3.05, 3.63) is 21.9 Å². The molecule has 2 saturated heterocycles. The van der Waals surface area contributed by atoms with Crippen LogP contribution in [0.1, 0.15) is 29.7 Å². The molecule has 1 spiro atoms. The fourth-order valence-electron chi connectivity index (χ4n) is 3.62. The molecule has 3 heterocycles. The van der Waals surface area contributed by atoms with Crippen molar-refractivity contribution in [1.82, 2.24) is 4.90 Å². The lowest BCUT2D eigenvalue weighted by Crippen LogP contribution is -2.64. The Labute approximate surface area is 131 Å². The zero-order valence-electron chi connectivity index (χ0n) is 12.8. The van der Waals surface area contributed by atoms with Gasteiger partial charge in [0.2, 0.25) is 0 Å². The Morgan fingerprint density at radius 3 is 2.90 bits per heavy atom. The molecule has 3 aliphatic rings. The molecule has 1 aliphatic carbocycles. The van der Waals surface area contributed by atoms with Crippen LogP contribution in [0.5, 0.6) is 0 Å². The first-order valence-electron chi connectivity index (χ1n) is 8.22. The third-order valence-electron chi connectivity index (χ3n) is 5.29. The maximum absolute atomic E-state index is 6.12. The van der Waals surface area contributed by atoms with Crippen molar-refractivity contribution in [1.29, 1.82) is 0 Å². The zero-order chi connectivity index (χ0) is 14.3. The fourth-order valence-corrected chi connectivity index (χ4v) is 4.57. The second kappa shape index (κ2) is 5.65. The molecule has 1 atom stereocenters. The molecule has 116 valence electrons. The molecular weight excluding hydrogens is 282 g/mol. The Kier molecular flexibility index (Phi) is 3.82. The number of nitrogens with zero attached hydrogens (tertiary/aromatic N) is 1. The van der Waals surface area contributed by atoms with Gasteiger partial charge in [-0.15, -0.1) is 11.3 Å². The second-order valence-electron chi connectivity index (χ2n) is 7.05. The largest absolute Gasteiger partial charge is 0.381 e. The summed E-state index contributed by atoms with van der Waals surface area (Å²) in [6.07, 6.45) is 3.93. The highest BCUT2D eigenvalue weighted by atomic mass is 32.1. The van der Waals surface area contributed by atoms with Gasteiger partial charge in [0, 0.05) is 43.6 Å². The van der Waals surface area contributed by atoms with Crippen molar-refractivity contribution < 1.29 is 9.47 Å². The van der Waals surface area contributed by atoms with Crippen LogP contribution in [-0.4, -0.2) is 43.4 Å². The highest BCUT2D eigenvalue weighted by Crippen LogP contribution is 2.41. The third-order valence-corrected chi connectivity index (χ3v) is 6.29. The maximum Gasteiger partial charge on any atom is 0.0985 e. The van der Waals surface area contributed by atoms with Crippen molar-refractivity contribution in [2.24, 2.45) is 11.8 Å². The summed E-state index contributed by atoms with van der Waals surface area (Å²) in [4.78, 5) is 4.03. The Balaban J connectivity index is 1.28. The van der Waals surface area contributed by atoms with E-state index in [0.717, 1.165) is 45.4 Å². The topological polar surface area (TPSA) is 21.7 Å². The molecule has 0 aromatic carbocycles. The van der Waals surface area contributed by atoms with Crippen LogP contribution in [0.25, 0.3) is 0 Å². The molecule has 4 heteroatoms. The van der Waals surface area contributed by atoms with Gasteiger partial charge in [0.1, 0.15) is 0 Å². The van der Waals surface area contributed by atoms with Crippen molar-refractivity contribution >= 4 is 11.3 Å². The van der Waals surface area contributed by atoms with E-state index < -0.39 is 0 Å². The molecule has 3 fully saturated rings. The lowest BCUT2D eigenvalue weighted by atomic mass is 9.81. The molecule has 4 rings (SSSR count). The van der Waals surface area contributed by atoms with Gasteiger partial charge in [-0.2, -0.15) is 0 Å². The lowest BCUT2D eigenvalue weighted by molar-refractivity contribution is -0.145. The van der Waals surface area contributed by atoms with Gasteiger partial charge < -0.3 is 9.47 Å². The van der Waals surface area contributed by atoms with Gasteiger partial charge >= 0.3 is 0 Å². The maximum atomic E-state index is 6.12. The molecule has 3 nitrogen and oxygen atoms in total. The molecule has 1 aromatic heterocycles. The highest BCUT2D eigenvalue weighted by Gasteiger charge is 2.52. The van der Waals surface area contributed by atoms with Gasteiger partial charge in [0.05, 0.1) is 12.2 Å². The number of rotatable bonds is 6. The number of hydrogen-bond acceptors (Lipinski definition) is 4. The van der Waals surface area contributed by atoms with Crippen molar-refractivity contribution in [2.45, 2.75) is 38.3 Å². The summed E-state index contributed by atoms with van der Waals surface area (Å²) in [7, 11) is 0. The molecule has 0 amide bonds. The molecule has 0 radical (unpaired) electrons. The minimum absolute atomic E-state index is 0.106. The lowest BCUT2D eigenvalue weighted by Gasteiger charge is -2.50. The summed E-state index contributed by atoms with van der Waals surface area (Å²) in [5, 5.41) is 2.20. The van der Waals surface area contributed by atoms with Crippen LogP contribution in [0.15, 0.2) is 11.4 Å². The average Bonchev–Trinajstić information content (AvgIpc) is 3.02. The quantitative estimate of drug-likeness (QED) is 0.806. The van der Waals surface area contributed by atoms with Gasteiger partial charge in [-0.05, 0) is 49.1 Å². The van der Waals surface area contributed by atoms with Crippen LogP contribution in [0.3, 0.4) is 0 Å². The van der Waals surface area contributed by atoms with Gasteiger partial charge in [0.25, 0.3) is 0 Å². The normalized spacial score (nSPS) is 28.1. The highest BCUT2D eigenvalue weighted by molar-refractivity contribution is 7.10. The molecule has 1 unspecified atom stereocenters. The van der Waals surface area contributed by atoms with Crippen LogP contribution < -0.4 is 0 Å². The van der Waals surface area contributed by atoms with E-state index in [2.05, 4.69) is 23.3 Å². The molecule has 0 bridgehead atoms. The number of thiophene rings is 1. The van der Waals surface area contributed by atoms with E-state index in [0.29, 0.717) is 5.92 Å². The van der Waals surface area contributed by atoms with Crippen LogP contribution >= 0.6 is 11.3 Å². The molecular formula is C17H25NO2S. The van der Waals surface area contributed by atoms with Crippen LogP contribution in [0.4, 0.5) is 0 Å². The minimum atomic E-state index is 0.106. The molecule has 1 aromatic rings. The zero-order valence-corrected chi connectivity index (χ0v) is 13.7. The average molecular weight is 307 g/mol. The molecule has 1 saturated carbocycles. The fraction of sp³-hybridized carbons (Fsp3) is 0.765. The molecule has 0 N–H and O–H groups in total. The van der Waals surface area contributed by atoms with Gasteiger partial charge in [-0.25, -0.2) is 0 Å². The van der Waals surface area contributed by atoms with E-state index in [1.54, 1.807) is 0 Å². The first-order valence-corrected chi connectivity index (χ1v) is 9.10. The SMILES string of the molecule is Cc1ccsc1CN1CC2(C1)OCCC2COCC1CC1. The Hall–Kier alpha value is -0.420. The van der Waals surface area contributed by atoms with Crippen molar-refractivity contribution in [3.8, 4) is 0 Å². The van der Waals surface area contributed by atoms with E-state index in [9.17, 15) is 0 Å². The predicted octanol–water partition coefficient (Wildman–Crippen LogP) is 3.07.